The Kier molecular flexibility index (Phi) is 2.04. The molecule has 1 aromatic carbocycles. The molecule has 1 saturated heterocycles. The van der Waals surface area contributed by atoms with Gasteiger partial charge in [-0.1, -0.05) is 36.4 Å². The number of aromatic nitrogens is 1. The van der Waals surface area contributed by atoms with Crippen molar-refractivity contribution in [1.82, 2.24) is 5.32 Å². The Hall–Kier alpha value is -1.67. The summed E-state index contributed by atoms with van der Waals surface area (Å²) < 4.78 is 2.24. The Balaban J connectivity index is 2.10. The zero-order valence-electron chi connectivity index (χ0n) is 9.30. The van der Waals surface area contributed by atoms with Gasteiger partial charge in [-0.3, -0.25) is 0 Å². The average Bonchev–Trinajstić information content (AvgIpc) is 3.05. The lowest BCUT2D eigenvalue weighted by Gasteiger charge is -2.09. The molecule has 16 heavy (non-hydrogen) atoms. The smallest absolute Gasteiger partial charge is 0.239 e. The molecular formula is C14H15N2+. The maximum Gasteiger partial charge on any atom is 0.263 e. The molecule has 1 aliphatic rings. The first-order valence-corrected chi connectivity index (χ1v) is 5.64. The molecule has 0 unspecified atom stereocenters. The molecule has 2 nitrogen and oxygen atoms in total. The number of nitrogens with one attached hydrogen (secondary N) is 1. The minimum absolute atomic E-state index is 0.0392. The van der Waals surface area contributed by atoms with E-state index in [2.05, 4.69) is 71.7 Å². The number of pyridine rings is 1. The van der Waals surface area contributed by atoms with Crippen molar-refractivity contribution in [2.75, 3.05) is 0 Å². The summed E-state index contributed by atoms with van der Waals surface area (Å²) in [6, 6.07) is 17.2. The zero-order chi connectivity index (χ0) is 11.0. The number of hydrogen-bond donors (Lipinski definition) is 1. The first kappa shape index (κ1) is 9.55. The maximum absolute atomic E-state index is 3.54. The number of rotatable bonds is 2. The van der Waals surface area contributed by atoms with Gasteiger partial charge in [0.15, 0.2) is 12.4 Å². The van der Waals surface area contributed by atoms with E-state index >= 15 is 0 Å². The molecule has 80 valence electrons. The maximum atomic E-state index is 3.54. The molecule has 2 atom stereocenters. The third-order valence-corrected chi connectivity index (χ3v) is 3.32. The van der Waals surface area contributed by atoms with Crippen LogP contribution >= 0.6 is 0 Å². The van der Waals surface area contributed by atoms with Crippen LogP contribution < -0.4 is 9.88 Å². The first-order valence-electron chi connectivity index (χ1n) is 5.64. The highest BCUT2D eigenvalue weighted by Gasteiger charge is 2.61. The minimum atomic E-state index is -0.0392. The van der Waals surface area contributed by atoms with Crippen LogP contribution in [0.15, 0.2) is 60.9 Å². The summed E-state index contributed by atoms with van der Waals surface area (Å²) in [6.45, 7) is 2.22. The van der Waals surface area contributed by atoms with Crippen LogP contribution in [0.5, 0.6) is 0 Å². The van der Waals surface area contributed by atoms with Crippen LogP contribution in [0.2, 0.25) is 0 Å². The van der Waals surface area contributed by atoms with Crippen LogP contribution in [-0.2, 0) is 5.66 Å². The molecule has 1 aliphatic heterocycles. The van der Waals surface area contributed by atoms with Crippen LogP contribution in [0.1, 0.15) is 12.5 Å². The van der Waals surface area contributed by atoms with Gasteiger partial charge in [-0.05, 0) is 6.92 Å². The molecule has 1 aromatic heterocycles. The normalized spacial score (nSPS) is 27.7. The van der Waals surface area contributed by atoms with Crippen LogP contribution in [-0.4, -0.2) is 6.04 Å². The summed E-state index contributed by atoms with van der Waals surface area (Å²) >= 11 is 0. The summed E-state index contributed by atoms with van der Waals surface area (Å²) in [5, 5.41) is 3.54. The Labute approximate surface area is 95.6 Å². The van der Waals surface area contributed by atoms with E-state index in [1.54, 1.807) is 0 Å². The van der Waals surface area contributed by atoms with E-state index in [0.717, 1.165) is 0 Å². The third kappa shape index (κ3) is 1.27. The average molecular weight is 211 g/mol. The lowest BCUT2D eigenvalue weighted by molar-refractivity contribution is -0.732. The number of hydrogen-bond acceptors (Lipinski definition) is 1. The van der Waals surface area contributed by atoms with E-state index < -0.39 is 0 Å². The highest BCUT2D eigenvalue weighted by Crippen LogP contribution is 2.33. The van der Waals surface area contributed by atoms with Crippen LogP contribution in [0.4, 0.5) is 0 Å². The summed E-state index contributed by atoms with van der Waals surface area (Å²) in [5.74, 6) is 0. The van der Waals surface area contributed by atoms with Gasteiger partial charge in [0.25, 0.3) is 5.66 Å². The molecule has 0 saturated carbocycles. The van der Waals surface area contributed by atoms with Crippen LogP contribution in [0.3, 0.4) is 0 Å². The Morgan fingerprint density at radius 1 is 1.00 bits per heavy atom. The van der Waals surface area contributed by atoms with Gasteiger partial charge in [0.1, 0.15) is 0 Å². The molecule has 1 N–H and O–H groups in total. The fourth-order valence-electron chi connectivity index (χ4n) is 2.40. The Morgan fingerprint density at radius 3 is 2.12 bits per heavy atom. The molecule has 0 amide bonds. The van der Waals surface area contributed by atoms with E-state index in [0.29, 0.717) is 6.04 Å². The van der Waals surface area contributed by atoms with Crippen molar-refractivity contribution in [1.29, 1.82) is 0 Å². The molecule has 0 spiro atoms. The molecule has 1 fully saturated rings. The molecule has 0 radical (unpaired) electrons. The molecular weight excluding hydrogens is 196 g/mol. The summed E-state index contributed by atoms with van der Waals surface area (Å²) in [6.07, 6.45) is 4.23. The Morgan fingerprint density at radius 2 is 1.56 bits per heavy atom. The number of benzene rings is 1. The predicted octanol–water partition coefficient (Wildman–Crippen LogP) is 1.67. The van der Waals surface area contributed by atoms with Crippen LogP contribution in [0.25, 0.3) is 0 Å². The standard InChI is InChI=1S/C14H15N2/c1-12-14(15-12,13-8-4-2-5-9-13)16-10-6-3-7-11-16/h2-12,15H,1H3/q+1/t12-,14-/m0/s1. The second-order valence-corrected chi connectivity index (χ2v) is 4.28. The summed E-state index contributed by atoms with van der Waals surface area (Å²) in [5.41, 5.74) is 1.28. The van der Waals surface area contributed by atoms with E-state index in [-0.39, 0.29) is 5.66 Å². The van der Waals surface area contributed by atoms with E-state index in [1.165, 1.54) is 5.56 Å². The van der Waals surface area contributed by atoms with Gasteiger partial charge in [0.2, 0.25) is 0 Å². The van der Waals surface area contributed by atoms with E-state index in [1.807, 2.05) is 6.07 Å². The minimum Gasteiger partial charge on any atom is -0.239 e. The van der Waals surface area contributed by atoms with Crippen molar-refractivity contribution in [3.8, 4) is 0 Å². The van der Waals surface area contributed by atoms with Gasteiger partial charge in [-0.25, -0.2) is 5.32 Å². The van der Waals surface area contributed by atoms with Gasteiger partial charge in [-0.2, -0.15) is 4.57 Å². The van der Waals surface area contributed by atoms with Crippen molar-refractivity contribution < 1.29 is 4.57 Å². The molecule has 2 aromatic rings. The fraction of sp³-hybridized carbons (Fsp3) is 0.214. The predicted molar refractivity (Wildman–Crippen MR) is 62.8 cm³/mol. The van der Waals surface area contributed by atoms with Gasteiger partial charge < -0.3 is 0 Å². The van der Waals surface area contributed by atoms with Gasteiger partial charge in [0, 0.05) is 17.7 Å². The third-order valence-electron chi connectivity index (χ3n) is 3.32. The first-order chi connectivity index (χ1) is 7.84. The molecule has 2 heterocycles. The zero-order valence-corrected chi connectivity index (χ0v) is 9.30. The molecule has 2 heteroatoms. The van der Waals surface area contributed by atoms with Crippen molar-refractivity contribution in [2.24, 2.45) is 0 Å². The van der Waals surface area contributed by atoms with Crippen molar-refractivity contribution >= 4 is 0 Å². The molecule has 3 rings (SSSR count). The Bertz CT molecular complexity index is 439. The topological polar surface area (TPSA) is 25.8 Å². The number of nitrogens with zero attached hydrogens (tertiary/aromatic N) is 1. The van der Waals surface area contributed by atoms with Crippen molar-refractivity contribution in [3.63, 3.8) is 0 Å². The van der Waals surface area contributed by atoms with Crippen molar-refractivity contribution in [3.05, 3.63) is 66.5 Å². The highest BCUT2D eigenvalue weighted by molar-refractivity contribution is 5.29. The molecule has 0 bridgehead atoms. The van der Waals surface area contributed by atoms with Gasteiger partial charge >= 0.3 is 0 Å². The van der Waals surface area contributed by atoms with E-state index in [9.17, 15) is 0 Å². The highest BCUT2D eigenvalue weighted by atomic mass is 15.4. The quantitative estimate of drug-likeness (QED) is 0.593. The SMILES string of the molecule is C[C@@H]1N[C@]1(c1ccccc1)[n+]1ccccc1. The van der Waals surface area contributed by atoms with Gasteiger partial charge in [0.05, 0.1) is 6.04 Å². The lowest BCUT2D eigenvalue weighted by atomic mass is 10.0. The fourth-order valence-corrected chi connectivity index (χ4v) is 2.40. The van der Waals surface area contributed by atoms with Gasteiger partial charge in [-0.15, -0.1) is 0 Å². The van der Waals surface area contributed by atoms with Crippen molar-refractivity contribution in [2.45, 2.75) is 18.6 Å². The second-order valence-electron chi connectivity index (χ2n) is 4.28. The summed E-state index contributed by atoms with van der Waals surface area (Å²) in [4.78, 5) is 0. The lowest BCUT2D eigenvalue weighted by Crippen LogP contribution is -2.50. The van der Waals surface area contributed by atoms with Crippen LogP contribution in [0, 0.1) is 0 Å². The summed E-state index contributed by atoms with van der Waals surface area (Å²) in [7, 11) is 0. The molecule has 0 aliphatic carbocycles. The largest absolute Gasteiger partial charge is 0.263 e. The van der Waals surface area contributed by atoms with E-state index in [4.69, 9.17) is 0 Å². The monoisotopic (exact) mass is 211 g/mol. The second kappa shape index (κ2) is 3.42.